The maximum Gasteiger partial charge on any atom is 0.160 e. The van der Waals surface area contributed by atoms with Crippen LogP contribution >= 0.6 is 11.6 Å². The zero-order valence-electron chi connectivity index (χ0n) is 8.18. The molecule has 0 aliphatic heterocycles. The molecule has 16 heavy (non-hydrogen) atoms. The van der Waals surface area contributed by atoms with Gasteiger partial charge in [0.1, 0.15) is 0 Å². The zero-order chi connectivity index (χ0) is 11.7. The quantitative estimate of drug-likeness (QED) is 0.593. The highest BCUT2D eigenvalue weighted by Crippen LogP contribution is 2.33. The molecule has 0 aromatic heterocycles. The van der Waals surface area contributed by atoms with Crippen molar-refractivity contribution in [3.8, 4) is 11.1 Å². The summed E-state index contributed by atoms with van der Waals surface area (Å²) < 4.78 is 26.0. The Hall–Kier alpha value is -1.61. The van der Waals surface area contributed by atoms with Gasteiger partial charge < -0.3 is 5.73 Å². The molecule has 2 aromatic rings. The normalized spacial score (nSPS) is 10.4. The van der Waals surface area contributed by atoms with E-state index < -0.39 is 11.6 Å². The van der Waals surface area contributed by atoms with E-state index in [9.17, 15) is 8.78 Å². The van der Waals surface area contributed by atoms with Gasteiger partial charge in [0, 0.05) is 16.8 Å². The van der Waals surface area contributed by atoms with Crippen molar-refractivity contribution in [1.29, 1.82) is 0 Å². The Morgan fingerprint density at radius 2 is 1.56 bits per heavy atom. The smallest absolute Gasteiger partial charge is 0.160 e. The molecule has 0 aliphatic carbocycles. The van der Waals surface area contributed by atoms with Gasteiger partial charge in [-0.3, -0.25) is 0 Å². The number of hydrogen-bond acceptors (Lipinski definition) is 1. The summed E-state index contributed by atoms with van der Waals surface area (Å²) in [7, 11) is 0. The standard InChI is InChI=1S/C12H8ClF2N/c13-9-6-11(15)10(14)5-8(9)7-3-1-2-4-12(7)16/h1-6H,16H2. The molecule has 2 rings (SSSR count). The second-order valence-electron chi connectivity index (χ2n) is 3.33. The van der Waals surface area contributed by atoms with Crippen LogP contribution < -0.4 is 5.73 Å². The van der Waals surface area contributed by atoms with Gasteiger partial charge in [-0.2, -0.15) is 0 Å². The predicted octanol–water partition coefficient (Wildman–Crippen LogP) is 3.87. The van der Waals surface area contributed by atoms with Crippen LogP contribution in [0.1, 0.15) is 0 Å². The average molecular weight is 240 g/mol. The molecule has 2 N–H and O–H groups in total. The molecule has 0 atom stereocenters. The Balaban J connectivity index is 2.65. The third-order valence-corrected chi connectivity index (χ3v) is 2.57. The molecule has 0 unspecified atom stereocenters. The van der Waals surface area contributed by atoms with E-state index in [1.165, 1.54) is 0 Å². The van der Waals surface area contributed by atoms with Gasteiger partial charge in [-0.1, -0.05) is 29.8 Å². The van der Waals surface area contributed by atoms with Crippen molar-refractivity contribution in [2.24, 2.45) is 0 Å². The van der Waals surface area contributed by atoms with Crippen molar-refractivity contribution >= 4 is 17.3 Å². The van der Waals surface area contributed by atoms with Gasteiger partial charge in [-0.15, -0.1) is 0 Å². The van der Waals surface area contributed by atoms with Crippen LogP contribution in [0.2, 0.25) is 5.02 Å². The molecule has 0 aliphatic rings. The Morgan fingerprint density at radius 1 is 0.938 bits per heavy atom. The van der Waals surface area contributed by atoms with E-state index in [-0.39, 0.29) is 5.02 Å². The summed E-state index contributed by atoms with van der Waals surface area (Å²) in [6.07, 6.45) is 0. The lowest BCUT2D eigenvalue weighted by Crippen LogP contribution is -1.92. The minimum absolute atomic E-state index is 0.136. The second-order valence-corrected chi connectivity index (χ2v) is 3.74. The van der Waals surface area contributed by atoms with Crippen LogP contribution in [0.25, 0.3) is 11.1 Å². The number of rotatable bonds is 1. The first-order chi connectivity index (χ1) is 7.59. The third kappa shape index (κ3) is 1.86. The van der Waals surface area contributed by atoms with Crippen LogP contribution in [0.4, 0.5) is 14.5 Å². The molecule has 2 aromatic carbocycles. The second kappa shape index (κ2) is 4.10. The number of nitrogens with two attached hydrogens (primary N) is 1. The number of anilines is 1. The molecule has 0 spiro atoms. The first-order valence-electron chi connectivity index (χ1n) is 4.59. The highest BCUT2D eigenvalue weighted by Gasteiger charge is 2.11. The molecule has 0 fully saturated rings. The molecular weight excluding hydrogens is 232 g/mol. The Morgan fingerprint density at radius 3 is 2.25 bits per heavy atom. The van der Waals surface area contributed by atoms with Crippen molar-refractivity contribution in [3.63, 3.8) is 0 Å². The number of nitrogen functional groups attached to an aromatic ring is 1. The first kappa shape index (κ1) is 10.9. The summed E-state index contributed by atoms with van der Waals surface area (Å²) in [6, 6.07) is 8.87. The fourth-order valence-corrected chi connectivity index (χ4v) is 1.72. The topological polar surface area (TPSA) is 26.0 Å². The minimum Gasteiger partial charge on any atom is -0.398 e. The molecule has 4 heteroatoms. The Kier molecular flexibility index (Phi) is 2.79. The van der Waals surface area contributed by atoms with Crippen LogP contribution in [-0.2, 0) is 0 Å². The third-order valence-electron chi connectivity index (χ3n) is 2.26. The lowest BCUT2D eigenvalue weighted by Gasteiger charge is -2.08. The highest BCUT2D eigenvalue weighted by atomic mass is 35.5. The van der Waals surface area contributed by atoms with E-state index in [0.717, 1.165) is 12.1 Å². The van der Waals surface area contributed by atoms with Crippen molar-refractivity contribution in [1.82, 2.24) is 0 Å². The molecule has 1 nitrogen and oxygen atoms in total. The molecule has 0 amide bonds. The van der Waals surface area contributed by atoms with Crippen LogP contribution in [0.15, 0.2) is 36.4 Å². The number of hydrogen-bond donors (Lipinski definition) is 1. The summed E-state index contributed by atoms with van der Waals surface area (Å²) in [5.74, 6) is -1.91. The van der Waals surface area contributed by atoms with Crippen molar-refractivity contribution in [2.45, 2.75) is 0 Å². The van der Waals surface area contributed by atoms with Crippen LogP contribution in [0.5, 0.6) is 0 Å². The van der Waals surface area contributed by atoms with E-state index in [2.05, 4.69) is 0 Å². The van der Waals surface area contributed by atoms with Crippen molar-refractivity contribution in [3.05, 3.63) is 53.1 Å². The lowest BCUT2D eigenvalue weighted by atomic mass is 10.0. The Bertz CT molecular complexity index is 541. The van der Waals surface area contributed by atoms with Gasteiger partial charge in [0.15, 0.2) is 11.6 Å². The van der Waals surface area contributed by atoms with Gasteiger partial charge in [0.05, 0.1) is 5.02 Å². The predicted molar refractivity (Wildman–Crippen MR) is 61.2 cm³/mol. The SMILES string of the molecule is Nc1ccccc1-c1cc(F)c(F)cc1Cl. The lowest BCUT2D eigenvalue weighted by molar-refractivity contribution is 0.509. The monoisotopic (exact) mass is 239 g/mol. The van der Waals surface area contributed by atoms with Gasteiger partial charge in [0.25, 0.3) is 0 Å². The van der Waals surface area contributed by atoms with Gasteiger partial charge in [-0.25, -0.2) is 8.78 Å². The molecule has 0 bridgehead atoms. The molecular formula is C12H8ClF2N. The summed E-state index contributed by atoms with van der Waals surface area (Å²) in [4.78, 5) is 0. The number of para-hydroxylation sites is 1. The molecule has 0 heterocycles. The minimum atomic E-state index is -0.969. The van der Waals surface area contributed by atoms with E-state index in [0.29, 0.717) is 16.8 Å². The van der Waals surface area contributed by atoms with Crippen molar-refractivity contribution < 1.29 is 8.78 Å². The Labute approximate surface area is 96.5 Å². The van der Waals surface area contributed by atoms with Crippen molar-refractivity contribution in [2.75, 3.05) is 5.73 Å². The van der Waals surface area contributed by atoms with E-state index >= 15 is 0 Å². The number of halogens is 3. The molecule has 82 valence electrons. The zero-order valence-corrected chi connectivity index (χ0v) is 8.93. The average Bonchev–Trinajstić information content (AvgIpc) is 2.25. The summed E-state index contributed by atoms with van der Waals surface area (Å²) in [6.45, 7) is 0. The molecule has 0 saturated heterocycles. The maximum atomic E-state index is 13.1. The van der Waals surface area contributed by atoms with Gasteiger partial charge >= 0.3 is 0 Å². The van der Waals surface area contributed by atoms with E-state index in [1.54, 1.807) is 24.3 Å². The molecule has 0 saturated carbocycles. The summed E-state index contributed by atoms with van der Waals surface area (Å²) in [5, 5.41) is 0.136. The highest BCUT2D eigenvalue weighted by molar-refractivity contribution is 6.33. The van der Waals surface area contributed by atoms with Gasteiger partial charge in [0.2, 0.25) is 0 Å². The first-order valence-corrected chi connectivity index (χ1v) is 4.97. The molecule has 0 radical (unpaired) electrons. The van der Waals surface area contributed by atoms with Crippen LogP contribution in [-0.4, -0.2) is 0 Å². The van der Waals surface area contributed by atoms with Gasteiger partial charge in [-0.05, 0) is 18.2 Å². The largest absolute Gasteiger partial charge is 0.398 e. The summed E-state index contributed by atoms with van der Waals surface area (Å²) in [5.41, 5.74) is 7.18. The van der Waals surface area contributed by atoms with Crippen LogP contribution in [0, 0.1) is 11.6 Å². The van der Waals surface area contributed by atoms with Crippen LogP contribution in [0.3, 0.4) is 0 Å². The fourth-order valence-electron chi connectivity index (χ4n) is 1.47. The number of benzene rings is 2. The van der Waals surface area contributed by atoms with E-state index in [1.807, 2.05) is 0 Å². The van der Waals surface area contributed by atoms with E-state index in [4.69, 9.17) is 17.3 Å². The fraction of sp³-hybridized carbons (Fsp3) is 0. The maximum absolute atomic E-state index is 13.1. The summed E-state index contributed by atoms with van der Waals surface area (Å²) >= 11 is 5.85.